The number of piperazine rings is 1. The van der Waals surface area contributed by atoms with Gasteiger partial charge in [-0.15, -0.1) is 0 Å². The zero-order chi connectivity index (χ0) is 20.2. The van der Waals surface area contributed by atoms with Gasteiger partial charge in [-0.05, 0) is 24.3 Å². The summed E-state index contributed by atoms with van der Waals surface area (Å²) < 4.78 is 18.8. The van der Waals surface area contributed by atoms with Crippen molar-refractivity contribution in [2.75, 3.05) is 31.5 Å². The maximum absolute atomic E-state index is 13.7. The normalized spacial score (nSPS) is 14.0. The average Bonchev–Trinajstić information content (AvgIpc) is 3.30. The van der Waals surface area contributed by atoms with Gasteiger partial charge in [0.15, 0.2) is 5.76 Å². The van der Waals surface area contributed by atoms with E-state index in [-0.39, 0.29) is 29.2 Å². The highest BCUT2D eigenvalue weighted by Gasteiger charge is 2.26. The number of aromatic nitrogens is 2. The summed E-state index contributed by atoms with van der Waals surface area (Å²) in [6, 6.07) is 9.47. The first-order valence-corrected chi connectivity index (χ1v) is 9.07. The fourth-order valence-electron chi connectivity index (χ4n) is 3.04. The van der Waals surface area contributed by atoms with Crippen LogP contribution in [0.5, 0.6) is 0 Å². The summed E-state index contributed by atoms with van der Waals surface area (Å²) in [6.45, 7) is 1.64. The number of carbonyl (C=O) groups is 2. The second-order valence-corrected chi connectivity index (χ2v) is 6.46. The molecule has 0 aliphatic carbocycles. The molecule has 9 heteroatoms. The Hall–Kier alpha value is -3.75. The highest BCUT2D eigenvalue weighted by molar-refractivity contribution is 5.94. The van der Waals surface area contributed by atoms with Crippen molar-refractivity contribution in [3.8, 4) is 0 Å². The molecule has 0 spiro atoms. The van der Waals surface area contributed by atoms with Gasteiger partial charge in [-0.1, -0.05) is 12.1 Å². The van der Waals surface area contributed by atoms with E-state index in [0.717, 1.165) is 0 Å². The number of anilines is 2. The van der Waals surface area contributed by atoms with E-state index < -0.39 is 5.82 Å². The van der Waals surface area contributed by atoms with Crippen molar-refractivity contribution in [1.82, 2.24) is 19.8 Å². The minimum absolute atomic E-state index is 0.186. The van der Waals surface area contributed by atoms with Crippen molar-refractivity contribution >= 4 is 23.5 Å². The molecule has 1 aliphatic heterocycles. The average molecular weight is 395 g/mol. The Morgan fingerprint density at radius 3 is 2.21 bits per heavy atom. The molecule has 3 aromatic rings. The number of nitrogens with zero attached hydrogens (tertiary/aromatic N) is 4. The Morgan fingerprint density at radius 2 is 1.59 bits per heavy atom. The number of amides is 2. The lowest BCUT2D eigenvalue weighted by Crippen LogP contribution is -2.50. The van der Waals surface area contributed by atoms with Crippen LogP contribution in [0.3, 0.4) is 0 Å². The number of furan rings is 1. The Morgan fingerprint density at radius 1 is 0.931 bits per heavy atom. The summed E-state index contributed by atoms with van der Waals surface area (Å²) in [5.41, 5.74) is 0.582. The van der Waals surface area contributed by atoms with Crippen molar-refractivity contribution in [3.63, 3.8) is 0 Å². The smallest absolute Gasteiger partial charge is 0.289 e. The molecule has 1 aromatic carbocycles. The van der Waals surface area contributed by atoms with Crippen LogP contribution in [-0.2, 0) is 0 Å². The van der Waals surface area contributed by atoms with Gasteiger partial charge in [0.2, 0.25) is 5.95 Å². The predicted octanol–water partition coefficient (Wildman–Crippen LogP) is 2.55. The number of halogens is 1. The SMILES string of the molecule is O=C(c1cnc(Nc2ccccc2F)nc1)N1CCN(C(=O)c2ccco2)CC1. The molecule has 1 saturated heterocycles. The van der Waals surface area contributed by atoms with Gasteiger partial charge in [0.25, 0.3) is 11.8 Å². The molecule has 0 radical (unpaired) electrons. The molecule has 2 amide bonds. The predicted molar refractivity (Wildman–Crippen MR) is 102 cm³/mol. The number of benzene rings is 1. The van der Waals surface area contributed by atoms with E-state index in [1.165, 1.54) is 24.7 Å². The molecule has 0 atom stereocenters. The fourth-order valence-corrected chi connectivity index (χ4v) is 3.04. The van der Waals surface area contributed by atoms with Crippen molar-refractivity contribution in [2.24, 2.45) is 0 Å². The van der Waals surface area contributed by atoms with Crippen LogP contribution in [-0.4, -0.2) is 57.8 Å². The third kappa shape index (κ3) is 4.08. The van der Waals surface area contributed by atoms with Crippen LogP contribution in [0.15, 0.2) is 59.5 Å². The lowest BCUT2D eigenvalue weighted by Gasteiger charge is -2.34. The van der Waals surface area contributed by atoms with E-state index in [4.69, 9.17) is 4.42 Å². The van der Waals surface area contributed by atoms with Gasteiger partial charge in [0.1, 0.15) is 5.82 Å². The summed E-state index contributed by atoms with van der Waals surface area (Å²) in [4.78, 5) is 36.5. The minimum atomic E-state index is -0.418. The highest BCUT2D eigenvalue weighted by atomic mass is 19.1. The van der Waals surface area contributed by atoms with E-state index in [2.05, 4.69) is 15.3 Å². The molecule has 4 rings (SSSR count). The number of carbonyl (C=O) groups excluding carboxylic acids is 2. The Kier molecular flexibility index (Phi) is 5.19. The van der Waals surface area contributed by atoms with Crippen LogP contribution in [0.4, 0.5) is 16.0 Å². The standard InChI is InChI=1S/C20H18FN5O3/c21-15-4-1-2-5-16(15)24-20-22-12-14(13-23-20)18(27)25-7-9-26(10-8-25)19(28)17-6-3-11-29-17/h1-6,11-13H,7-10H2,(H,22,23,24). The number of nitrogens with one attached hydrogen (secondary N) is 1. The molecule has 0 unspecified atom stereocenters. The molecule has 2 aromatic heterocycles. The van der Waals surface area contributed by atoms with Gasteiger partial charge in [0, 0.05) is 38.6 Å². The van der Waals surface area contributed by atoms with Gasteiger partial charge in [0.05, 0.1) is 17.5 Å². The molecule has 1 N–H and O–H groups in total. The van der Waals surface area contributed by atoms with Crippen LogP contribution >= 0.6 is 0 Å². The van der Waals surface area contributed by atoms with Gasteiger partial charge in [-0.3, -0.25) is 9.59 Å². The Balaban J connectivity index is 1.35. The van der Waals surface area contributed by atoms with Gasteiger partial charge < -0.3 is 19.5 Å². The molecule has 1 fully saturated rings. The zero-order valence-corrected chi connectivity index (χ0v) is 15.4. The second kappa shape index (κ2) is 8.09. The largest absolute Gasteiger partial charge is 0.459 e. The number of hydrogen-bond donors (Lipinski definition) is 1. The lowest BCUT2D eigenvalue weighted by atomic mass is 10.2. The van der Waals surface area contributed by atoms with Crippen LogP contribution in [0.1, 0.15) is 20.9 Å². The molecule has 0 bridgehead atoms. The molecule has 29 heavy (non-hydrogen) atoms. The monoisotopic (exact) mass is 395 g/mol. The number of rotatable bonds is 4. The van der Waals surface area contributed by atoms with Gasteiger partial charge in [-0.25, -0.2) is 14.4 Å². The third-order valence-corrected chi connectivity index (χ3v) is 4.61. The molecule has 148 valence electrons. The maximum Gasteiger partial charge on any atom is 0.289 e. The van der Waals surface area contributed by atoms with Crippen molar-refractivity contribution in [1.29, 1.82) is 0 Å². The van der Waals surface area contributed by atoms with Crippen molar-refractivity contribution in [3.05, 3.63) is 72.2 Å². The maximum atomic E-state index is 13.7. The first kappa shape index (κ1) is 18.6. The van der Waals surface area contributed by atoms with E-state index in [1.807, 2.05) is 0 Å². The van der Waals surface area contributed by atoms with Crippen LogP contribution in [0.25, 0.3) is 0 Å². The lowest BCUT2D eigenvalue weighted by molar-refractivity contribution is 0.0517. The van der Waals surface area contributed by atoms with E-state index >= 15 is 0 Å². The van der Waals surface area contributed by atoms with Gasteiger partial charge >= 0.3 is 0 Å². The van der Waals surface area contributed by atoms with E-state index in [0.29, 0.717) is 31.7 Å². The first-order chi connectivity index (χ1) is 14.1. The molecular weight excluding hydrogens is 377 g/mol. The quantitative estimate of drug-likeness (QED) is 0.730. The Labute approximate surface area is 166 Å². The summed E-state index contributed by atoms with van der Waals surface area (Å²) in [6.07, 6.45) is 4.26. The Bertz CT molecular complexity index is 999. The molecule has 0 saturated carbocycles. The van der Waals surface area contributed by atoms with E-state index in [1.54, 1.807) is 40.1 Å². The van der Waals surface area contributed by atoms with Crippen LogP contribution in [0.2, 0.25) is 0 Å². The summed E-state index contributed by atoms with van der Waals surface area (Å²) in [7, 11) is 0. The zero-order valence-electron chi connectivity index (χ0n) is 15.4. The van der Waals surface area contributed by atoms with Gasteiger partial charge in [-0.2, -0.15) is 0 Å². The number of para-hydroxylation sites is 1. The third-order valence-electron chi connectivity index (χ3n) is 4.61. The van der Waals surface area contributed by atoms with Crippen molar-refractivity contribution in [2.45, 2.75) is 0 Å². The molecule has 8 nitrogen and oxygen atoms in total. The minimum Gasteiger partial charge on any atom is -0.459 e. The number of hydrogen-bond acceptors (Lipinski definition) is 6. The fraction of sp³-hybridized carbons (Fsp3) is 0.200. The summed E-state index contributed by atoms with van der Waals surface area (Å²) in [5.74, 6) is -0.337. The van der Waals surface area contributed by atoms with Crippen LogP contribution in [0, 0.1) is 5.82 Å². The highest BCUT2D eigenvalue weighted by Crippen LogP contribution is 2.17. The summed E-state index contributed by atoms with van der Waals surface area (Å²) in [5, 5.41) is 2.77. The molecule has 1 aliphatic rings. The molecular formula is C20H18FN5O3. The van der Waals surface area contributed by atoms with Crippen molar-refractivity contribution < 1.29 is 18.4 Å². The van der Waals surface area contributed by atoms with E-state index in [9.17, 15) is 14.0 Å². The second-order valence-electron chi connectivity index (χ2n) is 6.46. The van der Waals surface area contributed by atoms with Crippen LogP contribution < -0.4 is 5.32 Å². The topological polar surface area (TPSA) is 91.6 Å². The first-order valence-electron chi connectivity index (χ1n) is 9.07. The molecule has 3 heterocycles. The summed E-state index contributed by atoms with van der Waals surface area (Å²) >= 11 is 0.